The Morgan fingerprint density at radius 2 is 2.25 bits per heavy atom. The fourth-order valence-electron chi connectivity index (χ4n) is 3.01. The van der Waals surface area contributed by atoms with E-state index >= 15 is 0 Å². The quantitative estimate of drug-likeness (QED) is 0.907. The van der Waals surface area contributed by atoms with Gasteiger partial charge in [0.05, 0.1) is 0 Å². The molecule has 0 bridgehead atoms. The van der Waals surface area contributed by atoms with Crippen molar-refractivity contribution in [1.29, 1.82) is 0 Å². The largest absolute Gasteiger partial charge is 0.329 e. The van der Waals surface area contributed by atoms with Crippen LogP contribution in [0, 0.1) is 5.82 Å². The van der Waals surface area contributed by atoms with Crippen molar-refractivity contribution >= 4 is 11.6 Å². The van der Waals surface area contributed by atoms with Crippen LogP contribution in [0.2, 0.25) is 5.02 Å². The summed E-state index contributed by atoms with van der Waals surface area (Å²) in [5.41, 5.74) is 6.74. The third-order valence-electron chi connectivity index (χ3n) is 4.20. The predicted molar refractivity (Wildman–Crippen MR) is 81.5 cm³/mol. The number of benzene rings is 1. The minimum Gasteiger partial charge on any atom is -0.329 e. The number of hydrogen-bond donors (Lipinski definition) is 1. The number of rotatable bonds is 5. The SMILES string of the molecule is CN1CCCC1CN(C)C(CN)c1cc(F)cc(Cl)c1. The first-order valence-corrected chi connectivity index (χ1v) is 7.45. The lowest BCUT2D eigenvalue weighted by atomic mass is 10.0. The van der Waals surface area contributed by atoms with Crippen LogP contribution < -0.4 is 5.73 Å². The molecule has 2 N–H and O–H groups in total. The molecule has 1 saturated heterocycles. The summed E-state index contributed by atoms with van der Waals surface area (Å²) in [6, 6.07) is 5.20. The molecule has 0 saturated carbocycles. The van der Waals surface area contributed by atoms with Crippen LogP contribution in [0.1, 0.15) is 24.4 Å². The topological polar surface area (TPSA) is 32.5 Å². The van der Waals surface area contributed by atoms with Gasteiger partial charge in [-0.3, -0.25) is 4.90 Å². The summed E-state index contributed by atoms with van der Waals surface area (Å²) in [4.78, 5) is 4.58. The smallest absolute Gasteiger partial charge is 0.125 e. The summed E-state index contributed by atoms with van der Waals surface area (Å²) in [6.07, 6.45) is 2.45. The Bertz CT molecular complexity index is 434. The second kappa shape index (κ2) is 6.85. The van der Waals surface area contributed by atoms with Gasteiger partial charge in [-0.05, 0) is 57.2 Å². The fourth-order valence-corrected chi connectivity index (χ4v) is 3.24. The second-order valence-electron chi connectivity index (χ2n) is 5.67. The minimum atomic E-state index is -0.308. The lowest BCUT2D eigenvalue weighted by molar-refractivity contribution is 0.179. The van der Waals surface area contributed by atoms with Crippen LogP contribution in [0.25, 0.3) is 0 Å². The first-order valence-electron chi connectivity index (χ1n) is 7.07. The molecule has 1 aromatic carbocycles. The Balaban J connectivity index is 2.10. The highest BCUT2D eigenvalue weighted by Gasteiger charge is 2.25. The highest BCUT2D eigenvalue weighted by Crippen LogP contribution is 2.25. The molecule has 3 nitrogen and oxygen atoms in total. The molecule has 2 unspecified atom stereocenters. The molecular weight excluding hydrogens is 277 g/mol. The molecule has 1 aliphatic rings. The first-order chi connectivity index (χ1) is 9.51. The van der Waals surface area contributed by atoms with Crippen LogP contribution in [-0.4, -0.2) is 49.6 Å². The first kappa shape index (κ1) is 15.7. The van der Waals surface area contributed by atoms with Crippen LogP contribution in [0.3, 0.4) is 0 Å². The summed E-state index contributed by atoms with van der Waals surface area (Å²) < 4.78 is 13.5. The van der Waals surface area contributed by atoms with E-state index in [1.807, 2.05) is 7.05 Å². The third kappa shape index (κ3) is 3.70. The van der Waals surface area contributed by atoms with Crippen molar-refractivity contribution in [3.63, 3.8) is 0 Å². The molecule has 5 heteroatoms. The highest BCUT2D eigenvalue weighted by molar-refractivity contribution is 6.30. The van der Waals surface area contributed by atoms with Gasteiger partial charge in [0.2, 0.25) is 0 Å². The van der Waals surface area contributed by atoms with Crippen molar-refractivity contribution in [3.8, 4) is 0 Å². The van der Waals surface area contributed by atoms with Crippen LogP contribution in [0.5, 0.6) is 0 Å². The van der Waals surface area contributed by atoms with Gasteiger partial charge in [-0.15, -0.1) is 0 Å². The lowest BCUT2D eigenvalue weighted by Gasteiger charge is -2.32. The second-order valence-corrected chi connectivity index (χ2v) is 6.11. The molecule has 20 heavy (non-hydrogen) atoms. The Kier molecular flexibility index (Phi) is 5.38. The van der Waals surface area contributed by atoms with Crippen molar-refractivity contribution < 1.29 is 4.39 Å². The van der Waals surface area contributed by atoms with Gasteiger partial charge in [0.1, 0.15) is 5.82 Å². The van der Waals surface area contributed by atoms with E-state index in [9.17, 15) is 4.39 Å². The zero-order valence-corrected chi connectivity index (χ0v) is 12.9. The lowest BCUT2D eigenvalue weighted by Crippen LogP contribution is -2.40. The van der Waals surface area contributed by atoms with Crippen LogP contribution >= 0.6 is 11.6 Å². The van der Waals surface area contributed by atoms with Crippen molar-refractivity contribution in [2.75, 3.05) is 33.7 Å². The standard InChI is InChI=1S/C15H23ClFN3/c1-19-5-3-4-14(19)10-20(2)15(9-18)11-6-12(16)8-13(17)7-11/h6-8,14-15H,3-5,9-10,18H2,1-2H3. The third-order valence-corrected chi connectivity index (χ3v) is 4.41. The Morgan fingerprint density at radius 3 is 2.80 bits per heavy atom. The summed E-state index contributed by atoms with van der Waals surface area (Å²) in [5, 5.41) is 0.421. The Hall–Kier alpha value is -0.680. The van der Waals surface area contributed by atoms with E-state index in [2.05, 4.69) is 16.8 Å². The van der Waals surface area contributed by atoms with Gasteiger partial charge >= 0.3 is 0 Å². The van der Waals surface area contributed by atoms with Gasteiger partial charge in [-0.25, -0.2) is 4.39 Å². The Labute approximate surface area is 125 Å². The van der Waals surface area contributed by atoms with Gasteiger partial charge in [-0.1, -0.05) is 11.6 Å². The normalized spacial score (nSPS) is 21.6. The zero-order chi connectivity index (χ0) is 14.7. The number of nitrogens with zero attached hydrogens (tertiary/aromatic N) is 2. The van der Waals surface area contributed by atoms with E-state index in [0.29, 0.717) is 17.6 Å². The molecule has 0 amide bonds. The molecule has 2 atom stereocenters. The number of likely N-dealkylation sites (tertiary alicyclic amines) is 1. The molecule has 1 fully saturated rings. The molecule has 1 aromatic rings. The van der Waals surface area contributed by atoms with Crippen molar-refractivity contribution in [2.45, 2.75) is 24.9 Å². The van der Waals surface area contributed by atoms with E-state index in [1.54, 1.807) is 6.07 Å². The van der Waals surface area contributed by atoms with E-state index in [4.69, 9.17) is 17.3 Å². The number of hydrogen-bond acceptors (Lipinski definition) is 3. The summed E-state index contributed by atoms with van der Waals surface area (Å²) in [7, 11) is 4.20. The maximum atomic E-state index is 13.5. The molecule has 1 heterocycles. The molecule has 0 radical (unpaired) electrons. The Morgan fingerprint density at radius 1 is 1.50 bits per heavy atom. The maximum Gasteiger partial charge on any atom is 0.125 e. The average molecular weight is 300 g/mol. The summed E-state index contributed by atoms with van der Waals surface area (Å²) in [6.45, 7) is 2.54. The number of nitrogens with two attached hydrogens (primary N) is 1. The van der Waals surface area contributed by atoms with E-state index in [0.717, 1.165) is 18.7 Å². The molecule has 2 rings (SSSR count). The number of likely N-dealkylation sites (N-methyl/N-ethyl adjacent to an activating group) is 2. The van der Waals surface area contributed by atoms with Gasteiger partial charge in [-0.2, -0.15) is 0 Å². The molecule has 1 aliphatic heterocycles. The van der Waals surface area contributed by atoms with Crippen LogP contribution in [0.15, 0.2) is 18.2 Å². The van der Waals surface area contributed by atoms with Crippen molar-refractivity contribution in [3.05, 3.63) is 34.6 Å². The van der Waals surface area contributed by atoms with Gasteiger partial charge in [0.25, 0.3) is 0 Å². The van der Waals surface area contributed by atoms with Gasteiger partial charge in [0.15, 0.2) is 0 Å². The van der Waals surface area contributed by atoms with E-state index in [-0.39, 0.29) is 11.9 Å². The zero-order valence-electron chi connectivity index (χ0n) is 12.1. The van der Waals surface area contributed by atoms with Crippen LogP contribution in [-0.2, 0) is 0 Å². The molecule has 0 aliphatic carbocycles. The summed E-state index contributed by atoms with van der Waals surface area (Å²) in [5.74, 6) is -0.308. The molecular formula is C15H23ClFN3. The highest BCUT2D eigenvalue weighted by atomic mass is 35.5. The molecule has 0 aromatic heterocycles. The molecule has 112 valence electrons. The maximum absolute atomic E-state index is 13.5. The van der Waals surface area contributed by atoms with Crippen molar-refractivity contribution in [1.82, 2.24) is 9.80 Å². The van der Waals surface area contributed by atoms with E-state index in [1.165, 1.54) is 25.0 Å². The molecule has 0 spiro atoms. The average Bonchev–Trinajstić information content (AvgIpc) is 2.74. The summed E-state index contributed by atoms with van der Waals surface area (Å²) >= 11 is 5.94. The van der Waals surface area contributed by atoms with Gasteiger partial charge < -0.3 is 10.6 Å². The predicted octanol–water partition coefficient (Wildman–Crippen LogP) is 2.50. The van der Waals surface area contributed by atoms with E-state index < -0.39 is 0 Å². The van der Waals surface area contributed by atoms with Crippen LogP contribution in [0.4, 0.5) is 4.39 Å². The minimum absolute atomic E-state index is 0.00259. The monoisotopic (exact) mass is 299 g/mol. The van der Waals surface area contributed by atoms with Gasteiger partial charge in [0, 0.05) is 30.2 Å². The van der Waals surface area contributed by atoms with Crippen molar-refractivity contribution in [2.24, 2.45) is 5.73 Å². The fraction of sp³-hybridized carbons (Fsp3) is 0.600. The number of halogens is 2.